The molecular weight excluding hydrogens is 356 g/mol. The predicted molar refractivity (Wildman–Crippen MR) is 105 cm³/mol. The normalized spacial score (nSPS) is 24.4. The number of aromatic nitrogens is 3. The third kappa shape index (κ3) is 3.83. The Morgan fingerprint density at radius 2 is 2.07 bits per heavy atom. The SMILES string of the molecule is CN(CC1NNC2CCCCCC21)C(=O)c1cnc(-c2cccnc2)[nH]c1=O. The van der Waals surface area contributed by atoms with E-state index in [1.165, 1.54) is 38.3 Å². The van der Waals surface area contributed by atoms with Crippen molar-refractivity contribution in [1.29, 1.82) is 0 Å². The molecule has 3 heterocycles. The summed E-state index contributed by atoms with van der Waals surface area (Å²) < 4.78 is 0. The summed E-state index contributed by atoms with van der Waals surface area (Å²) in [6, 6.07) is 4.24. The van der Waals surface area contributed by atoms with Crippen LogP contribution in [0.3, 0.4) is 0 Å². The Hall–Kier alpha value is -2.58. The van der Waals surface area contributed by atoms with Crippen LogP contribution >= 0.6 is 0 Å². The van der Waals surface area contributed by atoms with Crippen LogP contribution in [0.15, 0.2) is 35.5 Å². The second kappa shape index (κ2) is 8.20. The van der Waals surface area contributed by atoms with E-state index >= 15 is 0 Å². The monoisotopic (exact) mass is 382 g/mol. The first-order chi connectivity index (χ1) is 13.6. The van der Waals surface area contributed by atoms with E-state index in [2.05, 4.69) is 25.8 Å². The van der Waals surface area contributed by atoms with Crippen molar-refractivity contribution >= 4 is 5.91 Å². The van der Waals surface area contributed by atoms with Crippen LogP contribution in [-0.2, 0) is 0 Å². The van der Waals surface area contributed by atoms with Crippen molar-refractivity contribution in [2.45, 2.75) is 44.2 Å². The average molecular weight is 382 g/mol. The number of hydrogen-bond acceptors (Lipinski definition) is 6. The maximum atomic E-state index is 12.8. The first kappa shape index (κ1) is 18.8. The second-order valence-electron chi connectivity index (χ2n) is 7.71. The van der Waals surface area contributed by atoms with Crippen LogP contribution in [0.25, 0.3) is 11.4 Å². The molecule has 1 amide bonds. The molecule has 8 heteroatoms. The number of pyridine rings is 1. The zero-order chi connectivity index (χ0) is 19.5. The molecule has 28 heavy (non-hydrogen) atoms. The summed E-state index contributed by atoms with van der Waals surface area (Å²) in [6.07, 6.45) is 10.7. The summed E-state index contributed by atoms with van der Waals surface area (Å²) in [6.45, 7) is 0.552. The quantitative estimate of drug-likeness (QED) is 0.737. The summed E-state index contributed by atoms with van der Waals surface area (Å²) in [4.78, 5) is 37.9. The van der Waals surface area contributed by atoms with Gasteiger partial charge in [0.25, 0.3) is 11.5 Å². The lowest BCUT2D eigenvalue weighted by Crippen LogP contribution is -2.44. The number of fused-ring (bicyclic) bond motifs is 1. The number of rotatable bonds is 4. The van der Waals surface area contributed by atoms with Gasteiger partial charge >= 0.3 is 0 Å². The van der Waals surface area contributed by atoms with Crippen LogP contribution < -0.4 is 16.4 Å². The maximum Gasteiger partial charge on any atom is 0.264 e. The lowest BCUT2D eigenvalue weighted by Gasteiger charge is -2.25. The highest BCUT2D eigenvalue weighted by Gasteiger charge is 2.37. The molecule has 3 unspecified atom stereocenters. The summed E-state index contributed by atoms with van der Waals surface area (Å²) in [5.74, 6) is 0.604. The summed E-state index contributed by atoms with van der Waals surface area (Å²) in [7, 11) is 1.74. The van der Waals surface area contributed by atoms with Crippen LogP contribution in [0, 0.1) is 5.92 Å². The van der Waals surface area contributed by atoms with Crippen molar-refractivity contribution in [3.05, 3.63) is 46.6 Å². The number of carbonyl (C=O) groups excluding carboxylic acids is 1. The van der Waals surface area contributed by atoms with Crippen LogP contribution in [0.4, 0.5) is 0 Å². The standard InChI is InChI=1S/C20H26N6O2/c1-26(12-17-14-7-3-2-4-8-16(14)24-25-17)20(28)15-11-22-18(23-19(15)27)13-6-5-9-21-10-13/h5-6,9-11,14,16-17,24-25H,2-4,7-8,12H2,1H3,(H,22,23,27). The molecule has 4 rings (SSSR count). The lowest BCUT2D eigenvalue weighted by molar-refractivity contribution is 0.0772. The van der Waals surface area contributed by atoms with Gasteiger partial charge in [-0.05, 0) is 30.9 Å². The van der Waals surface area contributed by atoms with Gasteiger partial charge in [-0.15, -0.1) is 0 Å². The van der Waals surface area contributed by atoms with E-state index in [0.717, 1.165) is 0 Å². The van der Waals surface area contributed by atoms with Crippen LogP contribution in [0.1, 0.15) is 42.5 Å². The number of amides is 1. The van der Waals surface area contributed by atoms with E-state index in [0.29, 0.717) is 29.9 Å². The third-order valence-corrected chi connectivity index (χ3v) is 5.82. The van der Waals surface area contributed by atoms with E-state index < -0.39 is 5.56 Å². The molecule has 0 spiro atoms. The van der Waals surface area contributed by atoms with Gasteiger partial charge in [0.1, 0.15) is 11.4 Å². The van der Waals surface area contributed by atoms with Crippen LogP contribution in [-0.4, -0.2) is 51.4 Å². The molecule has 1 saturated heterocycles. The van der Waals surface area contributed by atoms with Gasteiger partial charge in [0.05, 0.1) is 0 Å². The average Bonchev–Trinajstić information content (AvgIpc) is 2.94. The Bertz CT molecular complexity index is 884. The highest BCUT2D eigenvalue weighted by atomic mass is 16.2. The van der Waals surface area contributed by atoms with E-state index in [-0.39, 0.29) is 17.5 Å². The summed E-state index contributed by atoms with van der Waals surface area (Å²) in [5, 5.41) is 0. The van der Waals surface area contributed by atoms with Gasteiger partial charge in [0.2, 0.25) is 0 Å². The van der Waals surface area contributed by atoms with Gasteiger partial charge in [0, 0.05) is 49.8 Å². The Morgan fingerprint density at radius 3 is 2.86 bits per heavy atom. The van der Waals surface area contributed by atoms with Crippen molar-refractivity contribution in [3.63, 3.8) is 0 Å². The fraction of sp³-hybridized carbons (Fsp3) is 0.500. The summed E-state index contributed by atoms with van der Waals surface area (Å²) >= 11 is 0. The molecule has 3 N–H and O–H groups in total. The number of carbonyl (C=O) groups is 1. The summed E-state index contributed by atoms with van der Waals surface area (Å²) in [5.41, 5.74) is 7.07. The van der Waals surface area contributed by atoms with Gasteiger partial charge in [-0.25, -0.2) is 4.98 Å². The molecule has 0 radical (unpaired) electrons. The van der Waals surface area contributed by atoms with E-state index in [4.69, 9.17) is 0 Å². The zero-order valence-corrected chi connectivity index (χ0v) is 16.0. The smallest absolute Gasteiger partial charge is 0.264 e. The molecule has 1 saturated carbocycles. The van der Waals surface area contributed by atoms with E-state index in [9.17, 15) is 9.59 Å². The van der Waals surface area contributed by atoms with Crippen LogP contribution in [0.2, 0.25) is 0 Å². The minimum Gasteiger partial charge on any atom is -0.340 e. The fourth-order valence-electron chi connectivity index (χ4n) is 4.28. The maximum absolute atomic E-state index is 12.8. The molecule has 8 nitrogen and oxygen atoms in total. The molecular formula is C20H26N6O2. The molecule has 2 aromatic heterocycles. The molecule has 1 aliphatic heterocycles. The second-order valence-corrected chi connectivity index (χ2v) is 7.71. The number of hydrogen-bond donors (Lipinski definition) is 3. The molecule has 2 aliphatic rings. The lowest BCUT2D eigenvalue weighted by atomic mass is 9.90. The molecule has 148 valence electrons. The van der Waals surface area contributed by atoms with E-state index in [1.54, 1.807) is 36.5 Å². The first-order valence-corrected chi connectivity index (χ1v) is 9.89. The topological polar surface area (TPSA) is 103 Å². The zero-order valence-electron chi connectivity index (χ0n) is 16.0. The molecule has 0 aromatic carbocycles. The molecule has 1 aliphatic carbocycles. The third-order valence-electron chi connectivity index (χ3n) is 5.82. The number of nitrogens with zero attached hydrogens (tertiary/aromatic N) is 3. The van der Waals surface area contributed by atoms with Crippen molar-refractivity contribution in [2.24, 2.45) is 5.92 Å². The minimum absolute atomic E-state index is 0.0542. The van der Waals surface area contributed by atoms with Gasteiger partial charge in [-0.2, -0.15) is 0 Å². The fourth-order valence-corrected chi connectivity index (χ4v) is 4.28. The molecule has 2 aromatic rings. The largest absolute Gasteiger partial charge is 0.340 e. The van der Waals surface area contributed by atoms with Gasteiger partial charge in [0.15, 0.2) is 0 Å². The predicted octanol–water partition coefficient (Wildman–Crippen LogP) is 1.33. The van der Waals surface area contributed by atoms with E-state index in [1.807, 2.05) is 0 Å². The van der Waals surface area contributed by atoms with Crippen LogP contribution in [0.5, 0.6) is 0 Å². The van der Waals surface area contributed by atoms with Crippen molar-refractivity contribution in [2.75, 3.05) is 13.6 Å². The molecule has 0 bridgehead atoms. The Morgan fingerprint density at radius 1 is 1.21 bits per heavy atom. The van der Waals surface area contributed by atoms with Crippen molar-refractivity contribution in [1.82, 2.24) is 30.7 Å². The number of nitrogens with one attached hydrogen (secondary N) is 3. The van der Waals surface area contributed by atoms with Crippen molar-refractivity contribution < 1.29 is 4.79 Å². The molecule has 2 fully saturated rings. The Labute approximate surface area is 163 Å². The molecule has 3 atom stereocenters. The highest BCUT2D eigenvalue weighted by Crippen LogP contribution is 2.29. The number of aromatic amines is 1. The van der Waals surface area contributed by atoms with Gasteiger partial charge in [-0.1, -0.05) is 19.3 Å². The minimum atomic E-state index is -0.435. The number of likely N-dealkylation sites (N-methyl/N-ethyl adjacent to an activating group) is 1. The number of H-pyrrole nitrogens is 1. The van der Waals surface area contributed by atoms with Gasteiger partial charge < -0.3 is 9.88 Å². The Kier molecular flexibility index (Phi) is 5.50. The Balaban J connectivity index is 1.46. The first-order valence-electron chi connectivity index (χ1n) is 9.89. The van der Waals surface area contributed by atoms with Gasteiger partial charge in [-0.3, -0.25) is 25.4 Å². The number of hydrazine groups is 1. The highest BCUT2D eigenvalue weighted by molar-refractivity contribution is 5.93. The van der Waals surface area contributed by atoms with Crippen molar-refractivity contribution in [3.8, 4) is 11.4 Å².